The van der Waals surface area contributed by atoms with Gasteiger partial charge in [0.05, 0.1) is 11.4 Å². The molecule has 0 bridgehead atoms. The zero-order chi connectivity index (χ0) is 13.4. The fourth-order valence-corrected chi connectivity index (χ4v) is 2.57. The van der Waals surface area contributed by atoms with Crippen molar-refractivity contribution >= 4 is 0 Å². The summed E-state index contributed by atoms with van der Waals surface area (Å²) in [7, 11) is 1.83. The lowest BCUT2D eigenvalue weighted by Gasteiger charge is -2.09. The van der Waals surface area contributed by atoms with Crippen molar-refractivity contribution in [2.45, 2.75) is 18.9 Å². The van der Waals surface area contributed by atoms with Crippen LogP contribution < -0.4 is 5.32 Å². The zero-order valence-corrected chi connectivity index (χ0v) is 10.7. The molecule has 1 saturated heterocycles. The van der Waals surface area contributed by atoms with Crippen molar-refractivity contribution < 1.29 is 8.78 Å². The number of rotatable bonds is 2. The van der Waals surface area contributed by atoms with Gasteiger partial charge < -0.3 is 5.32 Å². The highest BCUT2D eigenvalue weighted by molar-refractivity contribution is 5.60. The van der Waals surface area contributed by atoms with E-state index in [9.17, 15) is 8.78 Å². The number of aromatic nitrogens is 2. The number of aryl methyl sites for hydroxylation is 1. The second-order valence-corrected chi connectivity index (χ2v) is 4.85. The largest absolute Gasteiger partial charge is 0.309 e. The summed E-state index contributed by atoms with van der Waals surface area (Å²) in [6, 6.07) is 5.51. The Morgan fingerprint density at radius 3 is 2.89 bits per heavy atom. The minimum absolute atomic E-state index is 0.208. The Labute approximate surface area is 110 Å². The predicted molar refractivity (Wildman–Crippen MR) is 68.5 cm³/mol. The van der Waals surface area contributed by atoms with E-state index in [4.69, 9.17) is 0 Å². The molecule has 5 heteroatoms. The van der Waals surface area contributed by atoms with Gasteiger partial charge in [-0.25, -0.2) is 8.78 Å². The average Bonchev–Trinajstić information content (AvgIpc) is 3.01. The van der Waals surface area contributed by atoms with Crippen molar-refractivity contribution in [2.75, 3.05) is 6.54 Å². The molecule has 3 rings (SSSR count). The van der Waals surface area contributed by atoms with Gasteiger partial charge >= 0.3 is 0 Å². The van der Waals surface area contributed by atoms with Gasteiger partial charge in [0.15, 0.2) is 0 Å². The van der Waals surface area contributed by atoms with E-state index < -0.39 is 11.6 Å². The number of nitrogens with zero attached hydrogens (tertiary/aromatic N) is 2. The lowest BCUT2D eigenvalue weighted by molar-refractivity contribution is 0.574. The molecular formula is C14H15F2N3. The number of hydrogen-bond donors (Lipinski definition) is 1. The predicted octanol–water partition coefficient (Wildman–Crippen LogP) is 2.79. The van der Waals surface area contributed by atoms with Crippen LogP contribution in [0.2, 0.25) is 0 Å². The van der Waals surface area contributed by atoms with Crippen LogP contribution in [0.3, 0.4) is 0 Å². The van der Waals surface area contributed by atoms with Crippen molar-refractivity contribution in [1.82, 2.24) is 15.1 Å². The maximum Gasteiger partial charge on any atom is 0.132 e. The summed E-state index contributed by atoms with van der Waals surface area (Å²) in [6.45, 7) is 0.986. The van der Waals surface area contributed by atoms with Crippen LogP contribution in [0.15, 0.2) is 24.3 Å². The lowest BCUT2D eigenvalue weighted by Crippen LogP contribution is -2.16. The van der Waals surface area contributed by atoms with Gasteiger partial charge in [-0.1, -0.05) is 0 Å². The highest BCUT2D eigenvalue weighted by atomic mass is 19.1. The van der Waals surface area contributed by atoms with E-state index >= 15 is 0 Å². The monoisotopic (exact) mass is 263 g/mol. The van der Waals surface area contributed by atoms with Gasteiger partial charge in [0.25, 0.3) is 0 Å². The molecule has 0 radical (unpaired) electrons. The van der Waals surface area contributed by atoms with E-state index in [1.165, 1.54) is 6.07 Å². The highest BCUT2D eigenvalue weighted by Crippen LogP contribution is 2.28. The third-order valence-corrected chi connectivity index (χ3v) is 3.54. The summed E-state index contributed by atoms with van der Waals surface area (Å²) in [5.74, 6) is -0.909. The minimum Gasteiger partial charge on any atom is -0.309 e. The summed E-state index contributed by atoms with van der Waals surface area (Å²) < 4.78 is 28.7. The van der Waals surface area contributed by atoms with Gasteiger partial charge in [-0.2, -0.15) is 5.10 Å². The molecule has 3 nitrogen and oxygen atoms in total. The van der Waals surface area contributed by atoms with Crippen molar-refractivity contribution in [2.24, 2.45) is 7.05 Å². The van der Waals surface area contributed by atoms with E-state index in [1.54, 1.807) is 4.68 Å². The topological polar surface area (TPSA) is 29.9 Å². The fourth-order valence-electron chi connectivity index (χ4n) is 2.57. The van der Waals surface area contributed by atoms with Crippen molar-refractivity contribution in [3.05, 3.63) is 41.6 Å². The van der Waals surface area contributed by atoms with E-state index in [-0.39, 0.29) is 11.6 Å². The normalized spacial score (nSPS) is 19.0. The molecule has 2 aromatic rings. The second-order valence-electron chi connectivity index (χ2n) is 4.85. The van der Waals surface area contributed by atoms with Gasteiger partial charge in [-0.15, -0.1) is 0 Å². The molecule has 1 unspecified atom stereocenters. The Bertz CT molecular complexity index is 601. The molecule has 0 spiro atoms. The Hall–Kier alpha value is -1.75. The third kappa shape index (κ3) is 2.26. The highest BCUT2D eigenvalue weighted by Gasteiger charge is 2.21. The molecule has 0 aliphatic carbocycles. The zero-order valence-electron chi connectivity index (χ0n) is 10.7. The van der Waals surface area contributed by atoms with Gasteiger partial charge in [0, 0.05) is 18.7 Å². The van der Waals surface area contributed by atoms with Crippen LogP contribution in [0.25, 0.3) is 11.3 Å². The molecular weight excluding hydrogens is 248 g/mol. The maximum absolute atomic E-state index is 13.7. The van der Waals surface area contributed by atoms with Crippen LogP contribution in [-0.2, 0) is 7.05 Å². The van der Waals surface area contributed by atoms with Crippen LogP contribution in [0.5, 0.6) is 0 Å². The first kappa shape index (κ1) is 12.3. The van der Waals surface area contributed by atoms with Gasteiger partial charge in [-0.3, -0.25) is 4.68 Å². The number of benzene rings is 1. The van der Waals surface area contributed by atoms with Crippen LogP contribution in [0.4, 0.5) is 8.78 Å². The second kappa shape index (κ2) is 4.74. The van der Waals surface area contributed by atoms with E-state index in [1.807, 2.05) is 13.1 Å². The molecule has 1 aliphatic rings. The summed E-state index contributed by atoms with van der Waals surface area (Å²) >= 11 is 0. The van der Waals surface area contributed by atoms with Gasteiger partial charge in [0.2, 0.25) is 0 Å². The van der Waals surface area contributed by atoms with E-state index in [2.05, 4.69) is 10.4 Å². The number of nitrogens with one attached hydrogen (secondary N) is 1. The van der Waals surface area contributed by atoms with Crippen molar-refractivity contribution in [1.29, 1.82) is 0 Å². The molecule has 1 aromatic heterocycles. The van der Waals surface area contributed by atoms with Gasteiger partial charge in [0.1, 0.15) is 11.6 Å². The van der Waals surface area contributed by atoms with Crippen LogP contribution in [-0.4, -0.2) is 16.3 Å². The summed E-state index contributed by atoms with van der Waals surface area (Å²) in [6.07, 6.45) is 2.17. The smallest absolute Gasteiger partial charge is 0.132 e. The molecule has 100 valence electrons. The lowest BCUT2D eigenvalue weighted by atomic mass is 10.1. The molecule has 0 saturated carbocycles. The molecule has 1 fully saturated rings. The van der Waals surface area contributed by atoms with Crippen LogP contribution in [0, 0.1) is 11.6 Å². The van der Waals surface area contributed by atoms with E-state index in [0.29, 0.717) is 5.69 Å². The van der Waals surface area contributed by atoms with Crippen LogP contribution in [0.1, 0.15) is 24.6 Å². The minimum atomic E-state index is -0.456. The maximum atomic E-state index is 13.7. The Balaban J connectivity index is 2.01. The third-order valence-electron chi connectivity index (χ3n) is 3.54. The van der Waals surface area contributed by atoms with Gasteiger partial charge in [-0.05, 0) is 43.7 Å². The summed E-state index contributed by atoms with van der Waals surface area (Å²) in [5.41, 5.74) is 1.69. The number of halogens is 2. The quantitative estimate of drug-likeness (QED) is 0.903. The number of hydrogen-bond acceptors (Lipinski definition) is 2. The van der Waals surface area contributed by atoms with Crippen LogP contribution >= 0.6 is 0 Å². The molecule has 1 aromatic carbocycles. The first-order valence-corrected chi connectivity index (χ1v) is 6.38. The van der Waals surface area contributed by atoms with Crippen molar-refractivity contribution in [3.63, 3.8) is 0 Å². The Kier molecular flexibility index (Phi) is 3.06. The van der Waals surface area contributed by atoms with E-state index in [0.717, 1.165) is 37.2 Å². The first-order chi connectivity index (χ1) is 9.15. The molecule has 2 heterocycles. The molecule has 0 amide bonds. The van der Waals surface area contributed by atoms with Crippen molar-refractivity contribution in [3.8, 4) is 11.3 Å². The summed E-state index contributed by atoms with van der Waals surface area (Å²) in [5, 5.41) is 7.67. The average molecular weight is 263 g/mol. The SMILES string of the molecule is Cn1nc(-c2cc(F)ccc2F)cc1C1CCCN1. The molecule has 19 heavy (non-hydrogen) atoms. The molecule has 1 aliphatic heterocycles. The fraction of sp³-hybridized carbons (Fsp3) is 0.357. The first-order valence-electron chi connectivity index (χ1n) is 6.38. The molecule has 1 atom stereocenters. The molecule has 1 N–H and O–H groups in total. The standard InChI is InChI=1S/C14H15F2N3/c1-19-14(12-3-2-6-17-12)8-13(18-19)10-7-9(15)4-5-11(10)16/h4-5,7-8,12,17H,2-3,6H2,1H3. The Morgan fingerprint density at radius 1 is 1.32 bits per heavy atom. The summed E-state index contributed by atoms with van der Waals surface area (Å²) in [4.78, 5) is 0. The Morgan fingerprint density at radius 2 is 2.16 bits per heavy atom.